The Labute approximate surface area is 158 Å². The van der Waals surface area contributed by atoms with Gasteiger partial charge in [0, 0.05) is 30.0 Å². The zero-order chi connectivity index (χ0) is 19.4. The van der Waals surface area contributed by atoms with Crippen LogP contribution >= 0.6 is 0 Å². The van der Waals surface area contributed by atoms with Crippen LogP contribution in [0.15, 0.2) is 48.7 Å². The van der Waals surface area contributed by atoms with Crippen LogP contribution in [0.4, 0.5) is 5.69 Å². The molecule has 0 aliphatic heterocycles. The number of ketones is 1. The number of hydrogen-bond donors (Lipinski definition) is 1. The molecule has 5 nitrogen and oxygen atoms in total. The normalized spacial score (nSPS) is 10.6. The quantitative estimate of drug-likeness (QED) is 0.657. The summed E-state index contributed by atoms with van der Waals surface area (Å²) in [6, 6.07) is 13.0. The molecule has 1 amide bonds. The maximum absolute atomic E-state index is 12.5. The summed E-state index contributed by atoms with van der Waals surface area (Å²) in [6.45, 7) is 3.86. The van der Waals surface area contributed by atoms with E-state index in [1.165, 1.54) is 0 Å². The van der Waals surface area contributed by atoms with Crippen molar-refractivity contribution in [1.82, 2.24) is 4.98 Å². The van der Waals surface area contributed by atoms with Gasteiger partial charge in [0.05, 0.1) is 12.8 Å². The minimum Gasteiger partial charge on any atom is -0.494 e. The summed E-state index contributed by atoms with van der Waals surface area (Å²) < 4.78 is 5.32. The molecule has 0 spiro atoms. The first kappa shape index (κ1) is 18.6. The topological polar surface area (TPSA) is 68.3 Å². The van der Waals surface area contributed by atoms with Gasteiger partial charge in [-0.1, -0.05) is 17.7 Å². The van der Waals surface area contributed by atoms with Crippen LogP contribution in [0.25, 0.3) is 10.9 Å². The van der Waals surface area contributed by atoms with Crippen LogP contribution in [0, 0.1) is 13.8 Å². The van der Waals surface area contributed by atoms with Gasteiger partial charge in [-0.25, -0.2) is 0 Å². The van der Waals surface area contributed by atoms with Crippen LogP contribution in [0.2, 0.25) is 0 Å². The third kappa shape index (κ3) is 4.14. The van der Waals surface area contributed by atoms with E-state index in [2.05, 4.69) is 10.3 Å². The van der Waals surface area contributed by atoms with Gasteiger partial charge in [0.25, 0.3) is 0 Å². The van der Waals surface area contributed by atoms with E-state index in [4.69, 9.17) is 4.74 Å². The van der Waals surface area contributed by atoms with E-state index >= 15 is 0 Å². The van der Waals surface area contributed by atoms with Crippen LogP contribution in [-0.2, 0) is 4.79 Å². The molecular weight excluding hydrogens is 340 g/mol. The first-order valence-electron chi connectivity index (χ1n) is 8.81. The van der Waals surface area contributed by atoms with Crippen LogP contribution in [-0.4, -0.2) is 23.8 Å². The number of amides is 1. The molecule has 0 fully saturated rings. The van der Waals surface area contributed by atoms with Crippen molar-refractivity contribution in [3.8, 4) is 5.75 Å². The summed E-state index contributed by atoms with van der Waals surface area (Å²) in [5.74, 6) is 0.422. The molecule has 1 N–H and O–H groups in total. The number of benzene rings is 2. The van der Waals surface area contributed by atoms with Crippen LogP contribution in [0.1, 0.15) is 34.3 Å². The number of nitrogens with zero attached hydrogens (tertiary/aromatic N) is 1. The van der Waals surface area contributed by atoms with Crippen LogP contribution in [0.5, 0.6) is 5.75 Å². The Bertz CT molecular complexity index is 1010. The highest BCUT2D eigenvalue weighted by Gasteiger charge is 2.14. The number of anilines is 1. The smallest absolute Gasteiger partial charge is 0.224 e. The molecule has 0 radical (unpaired) electrons. The molecule has 3 aromatic rings. The lowest BCUT2D eigenvalue weighted by atomic mass is 9.99. The van der Waals surface area contributed by atoms with Crippen molar-refractivity contribution in [1.29, 1.82) is 0 Å². The molecule has 1 aromatic heterocycles. The predicted octanol–water partition coefficient (Wildman–Crippen LogP) is 4.46. The SMILES string of the molecule is COc1ccc(NC(=O)CCC(=O)c2cc(C)ccc2C)c2cccnc12. The number of ether oxygens (including phenoxy) is 1. The maximum Gasteiger partial charge on any atom is 0.224 e. The van der Waals surface area contributed by atoms with E-state index < -0.39 is 0 Å². The van der Waals surface area contributed by atoms with Crippen molar-refractivity contribution in [2.45, 2.75) is 26.7 Å². The average molecular weight is 362 g/mol. The Balaban J connectivity index is 1.71. The average Bonchev–Trinajstić information content (AvgIpc) is 2.68. The molecule has 0 saturated heterocycles. The summed E-state index contributed by atoms with van der Waals surface area (Å²) in [5, 5.41) is 3.68. The second-order valence-corrected chi connectivity index (χ2v) is 6.50. The Morgan fingerprint density at radius 3 is 2.67 bits per heavy atom. The first-order valence-corrected chi connectivity index (χ1v) is 8.81. The highest BCUT2D eigenvalue weighted by Crippen LogP contribution is 2.29. The monoisotopic (exact) mass is 362 g/mol. The second-order valence-electron chi connectivity index (χ2n) is 6.50. The predicted molar refractivity (Wildman–Crippen MR) is 106 cm³/mol. The fourth-order valence-electron chi connectivity index (χ4n) is 3.03. The Morgan fingerprint density at radius 1 is 1.07 bits per heavy atom. The molecular formula is C22H22N2O3. The fourth-order valence-corrected chi connectivity index (χ4v) is 3.03. The van der Waals surface area contributed by atoms with Crippen molar-refractivity contribution < 1.29 is 14.3 Å². The molecule has 0 aliphatic rings. The van der Waals surface area contributed by atoms with E-state index in [0.717, 1.165) is 16.5 Å². The van der Waals surface area contributed by atoms with Gasteiger partial charge in [0.1, 0.15) is 11.3 Å². The lowest BCUT2D eigenvalue weighted by Gasteiger charge is -2.11. The lowest BCUT2D eigenvalue weighted by molar-refractivity contribution is -0.116. The molecule has 0 saturated carbocycles. The number of aryl methyl sites for hydroxylation is 2. The molecule has 27 heavy (non-hydrogen) atoms. The molecule has 0 bridgehead atoms. The van der Waals surface area contributed by atoms with E-state index in [1.54, 1.807) is 25.4 Å². The van der Waals surface area contributed by atoms with Crippen molar-refractivity contribution in [3.05, 3.63) is 65.4 Å². The zero-order valence-corrected chi connectivity index (χ0v) is 15.7. The number of rotatable bonds is 6. The van der Waals surface area contributed by atoms with E-state index in [1.807, 2.05) is 44.2 Å². The number of carbonyl (C=O) groups excluding carboxylic acids is 2. The van der Waals surface area contributed by atoms with Gasteiger partial charge in [0.15, 0.2) is 5.78 Å². The van der Waals surface area contributed by atoms with Crippen LogP contribution in [0.3, 0.4) is 0 Å². The number of nitrogens with one attached hydrogen (secondary N) is 1. The second kappa shape index (κ2) is 7.99. The third-order valence-electron chi connectivity index (χ3n) is 4.50. The lowest BCUT2D eigenvalue weighted by Crippen LogP contribution is -2.14. The maximum atomic E-state index is 12.5. The highest BCUT2D eigenvalue weighted by molar-refractivity contribution is 6.05. The number of carbonyl (C=O) groups is 2. The van der Waals surface area contributed by atoms with Gasteiger partial charge < -0.3 is 10.1 Å². The standard InChI is InChI=1S/C22H22N2O3/c1-14-6-7-15(2)17(13-14)19(25)9-11-21(26)24-18-8-10-20(27-3)22-16(18)5-4-12-23-22/h4-8,10,12-13H,9,11H2,1-3H3,(H,24,26). The van der Waals surface area contributed by atoms with Gasteiger partial charge in [-0.15, -0.1) is 0 Å². The van der Waals surface area contributed by atoms with E-state index in [-0.39, 0.29) is 24.5 Å². The van der Waals surface area contributed by atoms with Gasteiger partial charge in [-0.2, -0.15) is 0 Å². The van der Waals surface area contributed by atoms with Gasteiger partial charge in [-0.05, 0) is 49.7 Å². The zero-order valence-electron chi connectivity index (χ0n) is 15.7. The molecule has 1 heterocycles. The number of hydrogen-bond acceptors (Lipinski definition) is 4. The summed E-state index contributed by atoms with van der Waals surface area (Å²) in [5.41, 5.74) is 3.98. The number of aromatic nitrogens is 1. The van der Waals surface area contributed by atoms with Crippen molar-refractivity contribution in [2.75, 3.05) is 12.4 Å². The van der Waals surface area contributed by atoms with Crippen LogP contribution < -0.4 is 10.1 Å². The Morgan fingerprint density at radius 2 is 1.89 bits per heavy atom. The van der Waals surface area contributed by atoms with Gasteiger partial charge in [-0.3, -0.25) is 14.6 Å². The number of Topliss-reactive ketones (excluding diaryl/α,β-unsaturated/α-hetero) is 1. The molecule has 2 aromatic carbocycles. The van der Waals surface area contributed by atoms with E-state index in [9.17, 15) is 9.59 Å². The Kier molecular flexibility index (Phi) is 5.50. The summed E-state index contributed by atoms with van der Waals surface area (Å²) in [7, 11) is 1.58. The number of pyridine rings is 1. The summed E-state index contributed by atoms with van der Waals surface area (Å²) in [4.78, 5) is 29.2. The summed E-state index contributed by atoms with van der Waals surface area (Å²) in [6.07, 6.45) is 1.97. The largest absolute Gasteiger partial charge is 0.494 e. The molecule has 138 valence electrons. The van der Waals surface area contributed by atoms with Crippen molar-refractivity contribution in [3.63, 3.8) is 0 Å². The fraction of sp³-hybridized carbons (Fsp3) is 0.227. The minimum atomic E-state index is -0.205. The van der Waals surface area contributed by atoms with Gasteiger partial charge >= 0.3 is 0 Å². The third-order valence-corrected chi connectivity index (χ3v) is 4.50. The minimum absolute atomic E-state index is 0.0207. The van der Waals surface area contributed by atoms with Crippen molar-refractivity contribution in [2.24, 2.45) is 0 Å². The molecule has 5 heteroatoms. The molecule has 0 aliphatic carbocycles. The van der Waals surface area contributed by atoms with E-state index in [0.29, 0.717) is 22.5 Å². The molecule has 3 rings (SSSR count). The molecule has 0 atom stereocenters. The summed E-state index contributed by atoms with van der Waals surface area (Å²) >= 11 is 0. The van der Waals surface area contributed by atoms with Gasteiger partial charge in [0.2, 0.25) is 5.91 Å². The van der Waals surface area contributed by atoms with Crippen molar-refractivity contribution >= 4 is 28.3 Å². The number of methoxy groups -OCH3 is 1. The Hall–Kier alpha value is -3.21. The first-order chi connectivity index (χ1) is 13.0. The number of fused-ring (bicyclic) bond motifs is 1. The highest BCUT2D eigenvalue weighted by atomic mass is 16.5. The molecule has 0 unspecified atom stereocenters.